The first-order chi connectivity index (χ1) is 13.9. The number of ether oxygens (including phenoxy) is 2. The van der Waals surface area contributed by atoms with Gasteiger partial charge in [-0.3, -0.25) is 0 Å². The lowest BCUT2D eigenvalue weighted by molar-refractivity contribution is 0.150. The highest BCUT2D eigenvalue weighted by Crippen LogP contribution is 2.41. The second-order valence-corrected chi connectivity index (χ2v) is 8.99. The number of hydrogen-bond acceptors (Lipinski definition) is 5. The van der Waals surface area contributed by atoms with E-state index in [9.17, 15) is 9.18 Å². The molecule has 1 aliphatic rings. The molecule has 1 atom stereocenters. The number of halogens is 2. The minimum absolute atomic E-state index is 0.0647. The van der Waals surface area contributed by atoms with Crippen LogP contribution in [0.15, 0.2) is 29.6 Å². The second-order valence-electron chi connectivity index (χ2n) is 7.51. The smallest absolute Gasteiger partial charge is 0.412 e. The SMILES string of the molecule is COc1c(OC(=O)NC2CCC(C(c3ccc(F)cc3)N(C)C)CC2)csc1Cl. The Morgan fingerprint density at radius 2 is 1.90 bits per heavy atom. The first kappa shape index (κ1) is 21.9. The van der Waals surface area contributed by atoms with Crippen LogP contribution in [0.25, 0.3) is 0 Å². The molecule has 1 N–H and O–H groups in total. The molecule has 8 heteroatoms. The highest BCUT2D eigenvalue weighted by molar-refractivity contribution is 7.15. The first-order valence-corrected chi connectivity index (χ1v) is 10.9. The molecule has 0 aliphatic heterocycles. The average Bonchev–Trinajstić information content (AvgIpc) is 3.03. The number of hydrogen-bond donors (Lipinski definition) is 1. The zero-order valence-corrected chi connectivity index (χ0v) is 18.4. The van der Waals surface area contributed by atoms with Gasteiger partial charge < -0.3 is 19.7 Å². The van der Waals surface area contributed by atoms with Crippen LogP contribution in [0.4, 0.5) is 9.18 Å². The van der Waals surface area contributed by atoms with Crippen LogP contribution in [-0.2, 0) is 0 Å². The maximum absolute atomic E-state index is 13.3. The van der Waals surface area contributed by atoms with Crippen molar-refractivity contribution in [1.82, 2.24) is 10.2 Å². The molecule has 29 heavy (non-hydrogen) atoms. The minimum Gasteiger partial charge on any atom is -0.491 e. The fourth-order valence-corrected chi connectivity index (χ4v) is 5.05. The highest BCUT2D eigenvalue weighted by Gasteiger charge is 2.31. The van der Waals surface area contributed by atoms with Gasteiger partial charge in [-0.15, -0.1) is 11.3 Å². The molecule has 2 aromatic rings. The highest BCUT2D eigenvalue weighted by atomic mass is 35.5. The molecule has 5 nitrogen and oxygen atoms in total. The van der Waals surface area contributed by atoms with Gasteiger partial charge >= 0.3 is 6.09 Å². The summed E-state index contributed by atoms with van der Waals surface area (Å²) in [6, 6.07) is 7.04. The number of benzene rings is 1. The molecule has 1 aliphatic carbocycles. The van der Waals surface area contributed by atoms with Crippen LogP contribution in [0, 0.1) is 11.7 Å². The lowest BCUT2D eigenvalue weighted by atomic mass is 9.79. The molecular weight excluding hydrogens is 415 g/mol. The Hall–Kier alpha value is -1.83. The molecule has 1 unspecified atom stereocenters. The summed E-state index contributed by atoms with van der Waals surface area (Å²) in [6.45, 7) is 0. The molecule has 0 spiro atoms. The van der Waals surface area contributed by atoms with Crippen LogP contribution in [0.1, 0.15) is 37.3 Å². The molecule has 1 amide bonds. The molecule has 0 saturated heterocycles. The van der Waals surface area contributed by atoms with E-state index in [0.29, 0.717) is 21.8 Å². The van der Waals surface area contributed by atoms with Gasteiger partial charge in [0.15, 0.2) is 11.5 Å². The van der Waals surface area contributed by atoms with Crippen molar-refractivity contribution in [3.63, 3.8) is 0 Å². The Kier molecular flexibility index (Phi) is 7.38. The molecule has 1 heterocycles. The van der Waals surface area contributed by atoms with Crippen LogP contribution in [0.2, 0.25) is 4.34 Å². The average molecular weight is 441 g/mol. The molecule has 158 valence electrons. The van der Waals surface area contributed by atoms with E-state index in [0.717, 1.165) is 31.2 Å². The Morgan fingerprint density at radius 3 is 2.48 bits per heavy atom. The summed E-state index contributed by atoms with van der Waals surface area (Å²) in [5, 5.41) is 4.60. The summed E-state index contributed by atoms with van der Waals surface area (Å²) in [5.41, 5.74) is 1.12. The number of rotatable bonds is 6. The van der Waals surface area contributed by atoms with E-state index in [4.69, 9.17) is 21.1 Å². The zero-order valence-electron chi connectivity index (χ0n) is 16.8. The number of amides is 1. The molecule has 0 bridgehead atoms. The van der Waals surface area contributed by atoms with Gasteiger partial charge in [0, 0.05) is 17.5 Å². The van der Waals surface area contributed by atoms with Gasteiger partial charge in [0.05, 0.1) is 7.11 Å². The van der Waals surface area contributed by atoms with E-state index < -0.39 is 6.09 Å². The van der Waals surface area contributed by atoms with Crippen molar-refractivity contribution >= 4 is 29.0 Å². The monoisotopic (exact) mass is 440 g/mol. The predicted molar refractivity (Wildman–Crippen MR) is 114 cm³/mol. The van der Waals surface area contributed by atoms with E-state index >= 15 is 0 Å². The van der Waals surface area contributed by atoms with Crippen molar-refractivity contribution in [3.05, 3.63) is 45.4 Å². The van der Waals surface area contributed by atoms with Gasteiger partial charge in [0.25, 0.3) is 0 Å². The van der Waals surface area contributed by atoms with Crippen molar-refractivity contribution in [2.45, 2.75) is 37.8 Å². The topological polar surface area (TPSA) is 50.8 Å². The van der Waals surface area contributed by atoms with E-state index in [1.165, 1.54) is 30.6 Å². The van der Waals surface area contributed by atoms with Gasteiger partial charge in [0.2, 0.25) is 0 Å². The van der Waals surface area contributed by atoms with Crippen molar-refractivity contribution in [2.24, 2.45) is 5.92 Å². The summed E-state index contributed by atoms with van der Waals surface area (Å²) in [4.78, 5) is 14.5. The molecule has 3 rings (SSSR count). The van der Waals surface area contributed by atoms with E-state index in [-0.39, 0.29) is 17.9 Å². The summed E-state index contributed by atoms with van der Waals surface area (Å²) < 4.78 is 24.3. The molecule has 1 aromatic heterocycles. The summed E-state index contributed by atoms with van der Waals surface area (Å²) >= 11 is 7.26. The van der Waals surface area contributed by atoms with Crippen LogP contribution in [0.3, 0.4) is 0 Å². The maximum atomic E-state index is 13.3. The maximum Gasteiger partial charge on any atom is 0.412 e. The second kappa shape index (κ2) is 9.78. The predicted octanol–water partition coefficient (Wildman–Crippen LogP) is 5.50. The Bertz CT molecular complexity index is 820. The number of nitrogens with zero attached hydrogens (tertiary/aromatic N) is 1. The number of methoxy groups -OCH3 is 1. The van der Waals surface area contributed by atoms with Gasteiger partial charge in [0.1, 0.15) is 10.2 Å². The molecule has 1 fully saturated rings. The number of nitrogens with one attached hydrogen (secondary N) is 1. The zero-order chi connectivity index (χ0) is 21.0. The van der Waals surface area contributed by atoms with Crippen molar-refractivity contribution in [2.75, 3.05) is 21.2 Å². The van der Waals surface area contributed by atoms with Gasteiger partial charge in [-0.2, -0.15) is 0 Å². The largest absolute Gasteiger partial charge is 0.491 e. The van der Waals surface area contributed by atoms with Crippen LogP contribution in [-0.4, -0.2) is 38.2 Å². The molecule has 1 aromatic carbocycles. The molecule has 1 saturated carbocycles. The summed E-state index contributed by atoms with van der Waals surface area (Å²) in [5.74, 6) is 0.933. The van der Waals surface area contributed by atoms with E-state index in [2.05, 4.69) is 24.3 Å². The van der Waals surface area contributed by atoms with E-state index in [1.54, 1.807) is 5.38 Å². The van der Waals surface area contributed by atoms with Gasteiger partial charge in [-0.1, -0.05) is 23.7 Å². The Morgan fingerprint density at radius 1 is 1.24 bits per heavy atom. The lowest BCUT2D eigenvalue weighted by Gasteiger charge is -2.37. The van der Waals surface area contributed by atoms with Crippen LogP contribution >= 0.6 is 22.9 Å². The van der Waals surface area contributed by atoms with Crippen molar-refractivity contribution in [1.29, 1.82) is 0 Å². The van der Waals surface area contributed by atoms with Crippen LogP contribution in [0.5, 0.6) is 11.5 Å². The van der Waals surface area contributed by atoms with Gasteiger partial charge in [-0.05, 0) is 63.4 Å². The number of carbonyl (C=O) groups excluding carboxylic acids is 1. The Balaban J connectivity index is 1.55. The van der Waals surface area contributed by atoms with Crippen molar-refractivity contribution in [3.8, 4) is 11.5 Å². The fraction of sp³-hybridized carbons (Fsp3) is 0.476. The normalized spacial score (nSPS) is 20.3. The quantitative estimate of drug-likeness (QED) is 0.644. The summed E-state index contributed by atoms with van der Waals surface area (Å²) in [7, 11) is 5.59. The lowest BCUT2D eigenvalue weighted by Crippen LogP contribution is -2.41. The minimum atomic E-state index is -0.496. The Labute approximate surface area is 179 Å². The standard InChI is InChI=1S/C21H26ClFN2O3S/c1-25(2)18(13-4-8-15(23)9-5-13)14-6-10-16(11-7-14)24-21(26)28-17-12-29-20(22)19(17)27-3/h4-5,8-9,12,14,16,18H,6-7,10-11H2,1-3H3,(H,24,26). The molecule has 0 radical (unpaired) electrons. The van der Waals surface area contributed by atoms with Gasteiger partial charge in [-0.25, -0.2) is 9.18 Å². The number of thiophene rings is 1. The van der Waals surface area contributed by atoms with Crippen molar-refractivity contribution < 1.29 is 18.7 Å². The third kappa shape index (κ3) is 5.41. The molecular formula is C21H26ClFN2O3S. The number of carbonyl (C=O) groups is 1. The van der Waals surface area contributed by atoms with Crippen LogP contribution < -0.4 is 14.8 Å². The van der Waals surface area contributed by atoms with E-state index in [1.807, 2.05) is 12.1 Å². The third-order valence-electron chi connectivity index (χ3n) is 5.39. The summed E-state index contributed by atoms with van der Waals surface area (Å²) in [6.07, 6.45) is 3.18. The fourth-order valence-electron chi connectivity index (χ4n) is 4.09. The first-order valence-electron chi connectivity index (χ1n) is 9.60. The third-order valence-corrected chi connectivity index (χ3v) is 6.55.